The van der Waals surface area contributed by atoms with Crippen molar-refractivity contribution in [2.24, 2.45) is 0 Å². The predicted octanol–water partition coefficient (Wildman–Crippen LogP) is 3.38. The highest BCUT2D eigenvalue weighted by Crippen LogP contribution is 2.39. The number of ether oxygens (including phenoxy) is 2. The zero-order chi connectivity index (χ0) is 13.2. The van der Waals surface area contributed by atoms with Gasteiger partial charge in [-0.2, -0.15) is 0 Å². The minimum absolute atomic E-state index is 0.247. The van der Waals surface area contributed by atoms with Crippen LogP contribution >= 0.6 is 11.6 Å². The molecule has 19 heavy (non-hydrogen) atoms. The summed E-state index contributed by atoms with van der Waals surface area (Å²) in [5.41, 5.74) is 2.93. The first-order valence-corrected chi connectivity index (χ1v) is 6.35. The Bertz CT molecular complexity index is 599. The van der Waals surface area contributed by atoms with E-state index in [1.165, 1.54) is 0 Å². The molecule has 3 rings (SSSR count). The van der Waals surface area contributed by atoms with Crippen LogP contribution in [0.1, 0.15) is 11.3 Å². The average molecular weight is 277 g/mol. The van der Waals surface area contributed by atoms with Gasteiger partial charge in [-0.25, -0.2) is 0 Å². The average Bonchev–Trinajstić information content (AvgIpc) is 2.85. The van der Waals surface area contributed by atoms with Crippen LogP contribution in [0.4, 0.5) is 5.69 Å². The lowest BCUT2D eigenvalue weighted by Crippen LogP contribution is -2.00. The molecule has 0 unspecified atom stereocenters. The molecule has 5 heteroatoms. The molecule has 0 amide bonds. The first kappa shape index (κ1) is 12.1. The lowest BCUT2D eigenvalue weighted by atomic mass is 10.2. The number of anilines is 1. The summed E-state index contributed by atoms with van der Waals surface area (Å²) in [6.45, 7) is 2.87. The van der Waals surface area contributed by atoms with Gasteiger partial charge in [-0.3, -0.25) is 4.98 Å². The van der Waals surface area contributed by atoms with Crippen LogP contribution in [0.3, 0.4) is 0 Å². The van der Waals surface area contributed by atoms with Crippen molar-refractivity contribution in [1.82, 2.24) is 4.98 Å². The fraction of sp³-hybridized carbons (Fsp3) is 0.214. The van der Waals surface area contributed by atoms with Crippen molar-refractivity contribution in [3.05, 3.63) is 46.7 Å². The largest absolute Gasteiger partial charge is 0.454 e. The second kappa shape index (κ2) is 4.97. The van der Waals surface area contributed by atoms with E-state index in [0.29, 0.717) is 23.1 Å². The molecule has 1 N–H and O–H groups in total. The molecule has 0 saturated carbocycles. The molecular weight excluding hydrogens is 264 g/mol. The predicted molar refractivity (Wildman–Crippen MR) is 73.9 cm³/mol. The summed E-state index contributed by atoms with van der Waals surface area (Å²) in [5.74, 6) is 1.40. The highest BCUT2D eigenvalue weighted by Gasteiger charge is 2.16. The van der Waals surface area contributed by atoms with Crippen molar-refractivity contribution >= 4 is 17.3 Å². The number of benzene rings is 1. The third-order valence-electron chi connectivity index (χ3n) is 2.92. The Morgan fingerprint density at radius 2 is 2.05 bits per heavy atom. The fourth-order valence-corrected chi connectivity index (χ4v) is 2.07. The molecule has 2 heterocycles. The van der Waals surface area contributed by atoms with Gasteiger partial charge in [0.2, 0.25) is 6.79 Å². The van der Waals surface area contributed by atoms with E-state index in [1.807, 2.05) is 31.3 Å². The summed E-state index contributed by atoms with van der Waals surface area (Å²) in [6, 6.07) is 7.64. The number of rotatable bonds is 3. The topological polar surface area (TPSA) is 43.4 Å². The van der Waals surface area contributed by atoms with Crippen LogP contribution in [-0.4, -0.2) is 11.8 Å². The molecular formula is C14H13ClN2O2. The molecule has 0 radical (unpaired) electrons. The lowest BCUT2D eigenvalue weighted by molar-refractivity contribution is 0.174. The summed E-state index contributed by atoms with van der Waals surface area (Å²) in [6.07, 6.45) is 1.85. The minimum atomic E-state index is 0.247. The molecule has 1 aromatic heterocycles. The number of aromatic nitrogens is 1. The van der Waals surface area contributed by atoms with Gasteiger partial charge < -0.3 is 14.8 Å². The highest BCUT2D eigenvalue weighted by atomic mass is 35.5. The van der Waals surface area contributed by atoms with E-state index in [4.69, 9.17) is 21.1 Å². The molecule has 0 aliphatic carbocycles. The van der Waals surface area contributed by atoms with Crippen LogP contribution in [0.2, 0.25) is 5.02 Å². The number of fused-ring (bicyclic) bond motifs is 1. The van der Waals surface area contributed by atoms with Gasteiger partial charge in [-0.1, -0.05) is 17.7 Å². The maximum atomic E-state index is 6.19. The molecule has 0 spiro atoms. The van der Waals surface area contributed by atoms with E-state index in [-0.39, 0.29) is 6.79 Å². The Morgan fingerprint density at radius 3 is 2.79 bits per heavy atom. The molecule has 2 aromatic rings. The summed E-state index contributed by atoms with van der Waals surface area (Å²) >= 11 is 6.19. The Labute approximate surface area is 116 Å². The number of hydrogen-bond acceptors (Lipinski definition) is 4. The quantitative estimate of drug-likeness (QED) is 0.933. The van der Waals surface area contributed by atoms with Crippen molar-refractivity contribution in [3.8, 4) is 11.5 Å². The molecule has 4 nitrogen and oxygen atoms in total. The first-order valence-electron chi connectivity index (χ1n) is 5.97. The number of aryl methyl sites for hydroxylation is 1. The Morgan fingerprint density at radius 1 is 1.26 bits per heavy atom. The Hall–Kier alpha value is -1.94. The van der Waals surface area contributed by atoms with Crippen LogP contribution in [-0.2, 0) is 6.54 Å². The van der Waals surface area contributed by atoms with Gasteiger partial charge in [-0.05, 0) is 18.6 Å². The number of nitrogens with one attached hydrogen (secondary N) is 1. The molecule has 1 aliphatic rings. The minimum Gasteiger partial charge on any atom is -0.454 e. The van der Waals surface area contributed by atoms with E-state index in [0.717, 1.165) is 16.9 Å². The molecule has 98 valence electrons. The number of nitrogens with zero attached hydrogens (tertiary/aromatic N) is 1. The normalized spacial score (nSPS) is 12.5. The zero-order valence-electron chi connectivity index (χ0n) is 10.4. The van der Waals surface area contributed by atoms with Gasteiger partial charge in [0.25, 0.3) is 0 Å². The monoisotopic (exact) mass is 276 g/mol. The maximum absolute atomic E-state index is 6.19. The number of hydrogen-bond donors (Lipinski definition) is 1. The van der Waals surface area contributed by atoms with Gasteiger partial charge >= 0.3 is 0 Å². The van der Waals surface area contributed by atoms with E-state index in [2.05, 4.69) is 10.3 Å². The Kier molecular flexibility index (Phi) is 3.17. The van der Waals surface area contributed by atoms with E-state index >= 15 is 0 Å². The van der Waals surface area contributed by atoms with Crippen molar-refractivity contribution < 1.29 is 9.47 Å². The zero-order valence-corrected chi connectivity index (χ0v) is 11.2. The van der Waals surface area contributed by atoms with Crippen molar-refractivity contribution in [3.63, 3.8) is 0 Å². The smallest absolute Gasteiger partial charge is 0.231 e. The summed E-state index contributed by atoms with van der Waals surface area (Å²) in [4.78, 5) is 4.25. The lowest BCUT2D eigenvalue weighted by Gasteiger charge is -2.09. The second-order valence-corrected chi connectivity index (χ2v) is 4.75. The molecule has 0 saturated heterocycles. The van der Waals surface area contributed by atoms with Gasteiger partial charge in [0, 0.05) is 30.6 Å². The first-order chi connectivity index (χ1) is 9.22. The SMILES string of the molecule is Cc1ccc(CNc2cc3c(cc2Cl)OCO3)cn1. The van der Waals surface area contributed by atoms with Crippen LogP contribution in [0.5, 0.6) is 11.5 Å². The van der Waals surface area contributed by atoms with Gasteiger partial charge in [-0.15, -0.1) is 0 Å². The van der Waals surface area contributed by atoms with Crippen molar-refractivity contribution in [2.75, 3.05) is 12.1 Å². The summed E-state index contributed by atoms with van der Waals surface area (Å²) in [5, 5.41) is 3.89. The molecule has 0 bridgehead atoms. The highest BCUT2D eigenvalue weighted by molar-refractivity contribution is 6.33. The van der Waals surface area contributed by atoms with Crippen LogP contribution in [0.15, 0.2) is 30.5 Å². The van der Waals surface area contributed by atoms with Crippen molar-refractivity contribution in [1.29, 1.82) is 0 Å². The molecule has 1 aliphatic heterocycles. The van der Waals surface area contributed by atoms with Crippen molar-refractivity contribution in [2.45, 2.75) is 13.5 Å². The third kappa shape index (κ3) is 2.58. The van der Waals surface area contributed by atoms with E-state index in [1.54, 1.807) is 6.07 Å². The summed E-state index contributed by atoms with van der Waals surface area (Å²) in [7, 11) is 0. The Balaban J connectivity index is 1.75. The van der Waals surface area contributed by atoms with Gasteiger partial charge in [0.05, 0.1) is 10.7 Å². The molecule has 0 atom stereocenters. The summed E-state index contributed by atoms with van der Waals surface area (Å²) < 4.78 is 10.6. The number of halogens is 1. The molecule has 1 aromatic carbocycles. The van der Waals surface area contributed by atoms with Gasteiger partial charge in [0.1, 0.15) is 0 Å². The third-order valence-corrected chi connectivity index (χ3v) is 3.23. The van der Waals surface area contributed by atoms with Crippen LogP contribution in [0.25, 0.3) is 0 Å². The number of pyridine rings is 1. The fourth-order valence-electron chi connectivity index (χ4n) is 1.85. The van der Waals surface area contributed by atoms with Gasteiger partial charge in [0.15, 0.2) is 11.5 Å². The second-order valence-electron chi connectivity index (χ2n) is 4.35. The molecule has 0 fully saturated rings. The maximum Gasteiger partial charge on any atom is 0.231 e. The van der Waals surface area contributed by atoms with E-state index in [9.17, 15) is 0 Å². The standard InChI is InChI=1S/C14H13ClN2O2/c1-9-2-3-10(6-16-9)7-17-12-5-14-13(4-11(12)15)18-8-19-14/h2-6,17H,7-8H2,1H3. The van der Waals surface area contributed by atoms with Crippen LogP contribution in [0, 0.1) is 6.92 Å². The van der Waals surface area contributed by atoms with Crippen LogP contribution < -0.4 is 14.8 Å². The van der Waals surface area contributed by atoms with E-state index < -0.39 is 0 Å².